The predicted octanol–water partition coefficient (Wildman–Crippen LogP) is 4.71. The molecule has 1 atom stereocenters. The predicted molar refractivity (Wildman–Crippen MR) is 96.2 cm³/mol. The van der Waals surface area contributed by atoms with Gasteiger partial charge in [0.1, 0.15) is 11.5 Å². The number of ether oxygens (including phenoxy) is 1. The second-order valence-corrected chi connectivity index (χ2v) is 6.52. The summed E-state index contributed by atoms with van der Waals surface area (Å²) in [5.74, 6) is 7.76. The van der Waals surface area contributed by atoms with Gasteiger partial charge in [-0.1, -0.05) is 30.9 Å². The van der Waals surface area contributed by atoms with Crippen molar-refractivity contribution in [2.45, 2.75) is 45.1 Å². The number of carbonyl (C=O) groups is 1. The van der Waals surface area contributed by atoms with E-state index in [1.165, 1.54) is 18.4 Å². The van der Waals surface area contributed by atoms with Crippen LogP contribution in [0.15, 0.2) is 48.5 Å². The lowest BCUT2D eigenvalue weighted by atomic mass is 9.95. The fourth-order valence-electron chi connectivity index (χ4n) is 2.58. The largest absolute Gasteiger partial charge is 0.490 e. The third-order valence-corrected chi connectivity index (χ3v) is 4.11. The topological polar surface area (TPSA) is 26.3 Å². The maximum Gasteiger partial charge on any atom is 0.130 e. The zero-order chi connectivity index (χ0) is 16.9. The molecule has 1 unspecified atom stereocenters. The van der Waals surface area contributed by atoms with Crippen LogP contribution in [0.4, 0.5) is 0 Å². The van der Waals surface area contributed by atoms with Gasteiger partial charge in [-0.25, -0.2) is 0 Å². The number of hydrogen-bond donors (Lipinski definition) is 0. The van der Waals surface area contributed by atoms with Crippen molar-refractivity contribution in [1.82, 2.24) is 0 Å². The summed E-state index contributed by atoms with van der Waals surface area (Å²) in [5, 5.41) is 0. The minimum atomic E-state index is 0.223. The third-order valence-electron chi connectivity index (χ3n) is 4.11. The van der Waals surface area contributed by atoms with E-state index in [-0.39, 0.29) is 11.7 Å². The van der Waals surface area contributed by atoms with Crippen LogP contribution < -0.4 is 4.74 Å². The first-order chi connectivity index (χ1) is 11.6. The smallest absolute Gasteiger partial charge is 0.130 e. The SMILES string of the molecule is CC(=O)CC(C)c1ccc(C#Cc2ccc(OC3CC3)cc2)cc1. The number of benzene rings is 2. The fraction of sp³-hybridized carbons (Fsp3) is 0.318. The number of rotatable bonds is 5. The number of ketones is 1. The van der Waals surface area contributed by atoms with E-state index in [9.17, 15) is 4.79 Å². The Hall–Kier alpha value is -2.53. The summed E-state index contributed by atoms with van der Waals surface area (Å²) in [4.78, 5) is 11.2. The van der Waals surface area contributed by atoms with Crippen LogP contribution in [-0.2, 0) is 4.79 Å². The van der Waals surface area contributed by atoms with E-state index in [2.05, 4.69) is 30.9 Å². The molecule has 0 amide bonds. The van der Waals surface area contributed by atoms with Crippen LogP contribution in [0.2, 0.25) is 0 Å². The van der Waals surface area contributed by atoms with Crippen molar-refractivity contribution in [2.75, 3.05) is 0 Å². The average molecular weight is 318 g/mol. The molecule has 1 fully saturated rings. The van der Waals surface area contributed by atoms with Crippen molar-refractivity contribution in [3.8, 4) is 17.6 Å². The second kappa shape index (κ2) is 7.36. The highest BCUT2D eigenvalue weighted by atomic mass is 16.5. The molecule has 2 aromatic rings. The molecule has 1 aliphatic carbocycles. The van der Waals surface area contributed by atoms with Crippen molar-refractivity contribution < 1.29 is 9.53 Å². The molecule has 2 heteroatoms. The van der Waals surface area contributed by atoms with Crippen molar-refractivity contribution in [2.24, 2.45) is 0 Å². The summed E-state index contributed by atoms with van der Waals surface area (Å²) in [5.41, 5.74) is 3.14. The maximum absolute atomic E-state index is 11.2. The molecule has 0 spiro atoms. The zero-order valence-corrected chi connectivity index (χ0v) is 14.2. The van der Waals surface area contributed by atoms with Gasteiger partial charge in [-0.05, 0) is 67.6 Å². The van der Waals surface area contributed by atoms with Crippen molar-refractivity contribution in [1.29, 1.82) is 0 Å². The van der Waals surface area contributed by atoms with Crippen LogP contribution in [0.3, 0.4) is 0 Å². The van der Waals surface area contributed by atoms with Gasteiger partial charge in [-0.2, -0.15) is 0 Å². The van der Waals surface area contributed by atoms with Gasteiger partial charge in [0.25, 0.3) is 0 Å². The number of carbonyl (C=O) groups excluding carboxylic acids is 1. The lowest BCUT2D eigenvalue weighted by molar-refractivity contribution is -0.117. The average Bonchev–Trinajstić information content (AvgIpc) is 3.38. The summed E-state index contributed by atoms with van der Waals surface area (Å²) < 4.78 is 5.73. The molecule has 122 valence electrons. The molecule has 2 aromatic carbocycles. The molecule has 0 saturated heterocycles. The molecule has 0 aromatic heterocycles. The van der Waals surface area contributed by atoms with Gasteiger partial charge < -0.3 is 9.53 Å². The van der Waals surface area contributed by atoms with Crippen LogP contribution in [-0.4, -0.2) is 11.9 Å². The Balaban J connectivity index is 1.63. The Bertz CT molecular complexity index is 756. The van der Waals surface area contributed by atoms with Gasteiger partial charge in [0.15, 0.2) is 0 Å². The highest BCUT2D eigenvalue weighted by molar-refractivity contribution is 5.76. The van der Waals surface area contributed by atoms with E-state index in [1.54, 1.807) is 6.92 Å². The lowest BCUT2D eigenvalue weighted by Gasteiger charge is -2.09. The molecule has 24 heavy (non-hydrogen) atoms. The zero-order valence-electron chi connectivity index (χ0n) is 14.2. The van der Waals surface area contributed by atoms with Crippen molar-refractivity contribution >= 4 is 5.78 Å². The number of hydrogen-bond acceptors (Lipinski definition) is 2. The van der Waals surface area contributed by atoms with Crippen LogP contribution in [0.5, 0.6) is 5.75 Å². The maximum atomic E-state index is 11.2. The Kier molecular flexibility index (Phi) is 5.01. The Labute approximate surface area is 143 Å². The van der Waals surface area contributed by atoms with Gasteiger partial charge >= 0.3 is 0 Å². The molecule has 1 aliphatic rings. The van der Waals surface area contributed by atoms with Gasteiger partial charge in [-0.15, -0.1) is 0 Å². The summed E-state index contributed by atoms with van der Waals surface area (Å²) in [6.07, 6.45) is 3.34. The summed E-state index contributed by atoms with van der Waals surface area (Å²) >= 11 is 0. The van der Waals surface area contributed by atoms with Crippen LogP contribution in [0.1, 0.15) is 55.7 Å². The summed E-state index contributed by atoms with van der Waals surface area (Å²) in [6.45, 7) is 3.71. The van der Waals surface area contributed by atoms with Crippen LogP contribution >= 0.6 is 0 Å². The lowest BCUT2D eigenvalue weighted by Crippen LogP contribution is -2.00. The van der Waals surface area contributed by atoms with Crippen molar-refractivity contribution in [3.05, 3.63) is 65.2 Å². The highest BCUT2D eigenvalue weighted by Crippen LogP contribution is 2.26. The Morgan fingerprint density at radius 1 is 1.04 bits per heavy atom. The van der Waals surface area contributed by atoms with Crippen LogP contribution in [0.25, 0.3) is 0 Å². The minimum Gasteiger partial charge on any atom is -0.490 e. The molecule has 0 aliphatic heterocycles. The minimum absolute atomic E-state index is 0.223. The standard InChI is InChI=1S/C22H22O2/c1-16(15-17(2)23)20-9-5-18(6-10-20)3-4-19-7-11-21(12-8-19)24-22-13-14-22/h5-12,16,22H,13-15H2,1-2H3. The molecule has 3 rings (SSSR count). The molecule has 2 nitrogen and oxygen atoms in total. The van der Waals surface area contributed by atoms with Crippen LogP contribution in [0, 0.1) is 11.8 Å². The quantitative estimate of drug-likeness (QED) is 0.746. The molecule has 0 heterocycles. The summed E-state index contributed by atoms with van der Waals surface area (Å²) in [6, 6.07) is 16.1. The number of Topliss-reactive ketones (excluding diaryl/α,β-unsaturated/α-hetero) is 1. The molecule has 0 N–H and O–H groups in total. The Morgan fingerprint density at radius 3 is 2.08 bits per heavy atom. The van der Waals surface area contributed by atoms with Gasteiger partial charge in [0.2, 0.25) is 0 Å². The second-order valence-electron chi connectivity index (χ2n) is 6.52. The third kappa shape index (κ3) is 4.73. The van der Waals surface area contributed by atoms with E-state index in [0.29, 0.717) is 12.5 Å². The molecular formula is C22H22O2. The Morgan fingerprint density at radius 2 is 1.58 bits per heavy atom. The van der Waals surface area contributed by atoms with E-state index >= 15 is 0 Å². The van der Waals surface area contributed by atoms with Gasteiger partial charge in [0, 0.05) is 17.5 Å². The first-order valence-corrected chi connectivity index (χ1v) is 8.48. The first-order valence-electron chi connectivity index (χ1n) is 8.48. The van der Waals surface area contributed by atoms with E-state index in [1.807, 2.05) is 36.4 Å². The van der Waals surface area contributed by atoms with E-state index in [4.69, 9.17) is 4.74 Å². The van der Waals surface area contributed by atoms with Gasteiger partial charge in [0.05, 0.1) is 6.10 Å². The monoisotopic (exact) mass is 318 g/mol. The molecule has 1 saturated carbocycles. The van der Waals surface area contributed by atoms with E-state index in [0.717, 1.165) is 16.9 Å². The van der Waals surface area contributed by atoms with Crippen molar-refractivity contribution in [3.63, 3.8) is 0 Å². The molecular weight excluding hydrogens is 296 g/mol. The summed E-state index contributed by atoms with van der Waals surface area (Å²) in [7, 11) is 0. The molecule has 0 bridgehead atoms. The highest BCUT2D eigenvalue weighted by Gasteiger charge is 2.23. The normalized spacial score (nSPS) is 14.4. The fourth-order valence-corrected chi connectivity index (χ4v) is 2.58. The van der Waals surface area contributed by atoms with E-state index < -0.39 is 0 Å². The van der Waals surface area contributed by atoms with Gasteiger partial charge in [-0.3, -0.25) is 0 Å². The molecule has 0 radical (unpaired) electrons. The first kappa shape index (κ1) is 16.3.